The molecule has 0 unspecified atom stereocenters. The molecule has 0 saturated heterocycles. The third kappa shape index (κ3) is 1.89. The summed E-state index contributed by atoms with van der Waals surface area (Å²) in [6.07, 6.45) is -1.59. The fraction of sp³-hybridized carbons (Fsp3) is 0.222. The number of benzene rings is 1. The molecule has 1 atom stereocenters. The number of Topliss-reactive ketones (excluding diaryl/α,β-unsaturated/α-hetero) is 1. The van der Waals surface area contributed by atoms with Crippen LogP contribution in [0.3, 0.4) is 0 Å². The molecule has 1 aromatic rings. The number of carbonyl (C=O) groups excluding carboxylic acids is 1. The van der Waals surface area contributed by atoms with Crippen LogP contribution in [-0.2, 0) is 4.79 Å². The molecule has 0 aromatic heterocycles. The zero-order valence-corrected chi connectivity index (χ0v) is 6.92. The van der Waals surface area contributed by atoms with E-state index in [1.54, 1.807) is 0 Å². The Balaban J connectivity index is 3.15. The summed E-state index contributed by atoms with van der Waals surface area (Å²) >= 11 is 0. The van der Waals surface area contributed by atoms with Crippen LogP contribution in [0, 0.1) is 11.6 Å². The molecule has 0 heterocycles. The van der Waals surface area contributed by atoms with Crippen LogP contribution in [0.1, 0.15) is 18.6 Å². The highest BCUT2D eigenvalue weighted by Gasteiger charge is 2.18. The van der Waals surface area contributed by atoms with Crippen molar-refractivity contribution in [2.45, 2.75) is 13.0 Å². The SMILES string of the molecule is CC(=O)[C@H](O)c1cccc(F)c1F. The normalized spacial score (nSPS) is 12.6. The second-order valence-electron chi connectivity index (χ2n) is 2.66. The lowest BCUT2D eigenvalue weighted by molar-refractivity contribution is -0.125. The Kier molecular flexibility index (Phi) is 2.72. The zero-order valence-electron chi connectivity index (χ0n) is 6.92. The minimum Gasteiger partial charge on any atom is -0.380 e. The van der Waals surface area contributed by atoms with Crippen molar-refractivity contribution in [2.75, 3.05) is 0 Å². The van der Waals surface area contributed by atoms with Crippen molar-refractivity contribution in [1.82, 2.24) is 0 Å². The highest BCUT2D eigenvalue weighted by atomic mass is 19.2. The predicted octanol–water partition coefficient (Wildman–Crippen LogP) is 1.59. The van der Waals surface area contributed by atoms with Crippen molar-refractivity contribution in [3.8, 4) is 0 Å². The molecule has 13 heavy (non-hydrogen) atoms. The lowest BCUT2D eigenvalue weighted by Gasteiger charge is -2.07. The Morgan fingerprint density at radius 1 is 1.46 bits per heavy atom. The van der Waals surface area contributed by atoms with Gasteiger partial charge in [0.2, 0.25) is 0 Å². The van der Waals surface area contributed by atoms with E-state index in [0.717, 1.165) is 13.0 Å². The molecule has 0 aliphatic carbocycles. The average Bonchev–Trinajstić information content (AvgIpc) is 2.08. The van der Waals surface area contributed by atoms with Crippen LogP contribution >= 0.6 is 0 Å². The first-order chi connectivity index (χ1) is 6.04. The van der Waals surface area contributed by atoms with Crippen LogP contribution in [0.4, 0.5) is 8.78 Å². The van der Waals surface area contributed by atoms with E-state index in [1.165, 1.54) is 12.1 Å². The fourth-order valence-electron chi connectivity index (χ4n) is 0.951. The maximum absolute atomic E-state index is 12.9. The Morgan fingerprint density at radius 2 is 2.08 bits per heavy atom. The molecule has 4 heteroatoms. The number of halogens is 2. The Hall–Kier alpha value is -1.29. The predicted molar refractivity (Wildman–Crippen MR) is 42.0 cm³/mol. The topological polar surface area (TPSA) is 37.3 Å². The van der Waals surface area contributed by atoms with E-state index in [4.69, 9.17) is 5.11 Å². The second-order valence-corrected chi connectivity index (χ2v) is 2.66. The first-order valence-electron chi connectivity index (χ1n) is 3.66. The summed E-state index contributed by atoms with van der Waals surface area (Å²) in [4.78, 5) is 10.7. The number of carbonyl (C=O) groups is 1. The van der Waals surface area contributed by atoms with Crippen LogP contribution in [0.15, 0.2) is 18.2 Å². The van der Waals surface area contributed by atoms with Crippen molar-refractivity contribution in [3.63, 3.8) is 0 Å². The van der Waals surface area contributed by atoms with Gasteiger partial charge in [0, 0.05) is 5.56 Å². The van der Waals surface area contributed by atoms with Gasteiger partial charge in [-0.2, -0.15) is 0 Å². The van der Waals surface area contributed by atoms with Crippen molar-refractivity contribution in [1.29, 1.82) is 0 Å². The first kappa shape index (κ1) is 9.80. The number of hydrogen-bond donors (Lipinski definition) is 1. The molecule has 0 fully saturated rings. The lowest BCUT2D eigenvalue weighted by atomic mass is 10.1. The van der Waals surface area contributed by atoms with Gasteiger partial charge in [0.05, 0.1) is 0 Å². The molecular weight excluding hydrogens is 178 g/mol. The van der Waals surface area contributed by atoms with E-state index in [2.05, 4.69) is 0 Å². The van der Waals surface area contributed by atoms with E-state index in [-0.39, 0.29) is 5.56 Å². The minimum absolute atomic E-state index is 0.326. The molecule has 0 amide bonds. The third-order valence-electron chi connectivity index (χ3n) is 1.66. The van der Waals surface area contributed by atoms with Crippen molar-refractivity contribution in [3.05, 3.63) is 35.4 Å². The fourth-order valence-corrected chi connectivity index (χ4v) is 0.951. The van der Waals surface area contributed by atoms with Gasteiger partial charge < -0.3 is 5.11 Å². The molecule has 2 nitrogen and oxygen atoms in total. The number of rotatable bonds is 2. The minimum atomic E-state index is -1.59. The van der Waals surface area contributed by atoms with Crippen molar-refractivity contribution < 1.29 is 18.7 Å². The van der Waals surface area contributed by atoms with Crippen LogP contribution in [0.5, 0.6) is 0 Å². The Labute approximate surface area is 73.8 Å². The van der Waals surface area contributed by atoms with Crippen LogP contribution in [-0.4, -0.2) is 10.9 Å². The summed E-state index contributed by atoms with van der Waals surface area (Å²) in [7, 11) is 0. The largest absolute Gasteiger partial charge is 0.380 e. The van der Waals surface area contributed by atoms with Crippen LogP contribution < -0.4 is 0 Å². The molecule has 0 aliphatic rings. The highest BCUT2D eigenvalue weighted by molar-refractivity contribution is 5.81. The van der Waals surface area contributed by atoms with Crippen LogP contribution in [0.25, 0.3) is 0 Å². The molecule has 0 aliphatic heterocycles. The maximum atomic E-state index is 12.9. The molecule has 0 radical (unpaired) electrons. The Bertz CT molecular complexity index is 336. The average molecular weight is 186 g/mol. The molecule has 1 N–H and O–H groups in total. The van der Waals surface area contributed by atoms with E-state index >= 15 is 0 Å². The summed E-state index contributed by atoms with van der Waals surface area (Å²) in [6, 6.07) is 3.33. The molecule has 1 aromatic carbocycles. The summed E-state index contributed by atoms with van der Waals surface area (Å²) in [6.45, 7) is 1.11. The number of aliphatic hydroxyl groups is 1. The third-order valence-corrected chi connectivity index (χ3v) is 1.66. The standard InChI is InChI=1S/C9H8F2O2/c1-5(12)9(13)6-3-2-4-7(10)8(6)11/h2-4,9,13H,1H3/t9-/m0/s1. The van der Waals surface area contributed by atoms with E-state index in [1.807, 2.05) is 0 Å². The molecule has 1 rings (SSSR count). The van der Waals surface area contributed by atoms with Gasteiger partial charge in [-0.05, 0) is 13.0 Å². The summed E-state index contributed by atoms with van der Waals surface area (Å²) in [5.74, 6) is -2.87. The highest BCUT2D eigenvalue weighted by Crippen LogP contribution is 2.19. The number of hydrogen-bond acceptors (Lipinski definition) is 2. The lowest BCUT2D eigenvalue weighted by Crippen LogP contribution is -2.10. The van der Waals surface area contributed by atoms with Gasteiger partial charge in [-0.3, -0.25) is 4.79 Å². The van der Waals surface area contributed by atoms with Crippen molar-refractivity contribution in [2.24, 2.45) is 0 Å². The first-order valence-corrected chi connectivity index (χ1v) is 3.66. The van der Waals surface area contributed by atoms with E-state index in [0.29, 0.717) is 0 Å². The van der Waals surface area contributed by atoms with Gasteiger partial charge in [0.15, 0.2) is 17.4 Å². The maximum Gasteiger partial charge on any atom is 0.165 e. The van der Waals surface area contributed by atoms with Gasteiger partial charge in [-0.1, -0.05) is 12.1 Å². The van der Waals surface area contributed by atoms with Gasteiger partial charge in [0.1, 0.15) is 6.10 Å². The van der Waals surface area contributed by atoms with Gasteiger partial charge in [0.25, 0.3) is 0 Å². The molecule has 0 bridgehead atoms. The Morgan fingerprint density at radius 3 is 2.62 bits per heavy atom. The molecule has 0 spiro atoms. The van der Waals surface area contributed by atoms with Crippen molar-refractivity contribution >= 4 is 5.78 Å². The smallest absolute Gasteiger partial charge is 0.165 e. The second kappa shape index (κ2) is 3.62. The monoisotopic (exact) mass is 186 g/mol. The summed E-state index contributed by atoms with van der Waals surface area (Å²) < 4.78 is 25.5. The van der Waals surface area contributed by atoms with Gasteiger partial charge in [-0.25, -0.2) is 8.78 Å². The molecule has 0 saturated carbocycles. The summed E-state index contributed by atoms with van der Waals surface area (Å²) in [5, 5.41) is 9.15. The molecule has 70 valence electrons. The zero-order chi connectivity index (χ0) is 10.0. The van der Waals surface area contributed by atoms with Crippen LogP contribution in [0.2, 0.25) is 0 Å². The van der Waals surface area contributed by atoms with E-state index in [9.17, 15) is 13.6 Å². The number of ketones is 1. The number of aliphatic hydroxyl groups excluding tert-OH is 1. The van der Waals surface area contributed by atoms with E-state index < -0.39 is 23.5 Å². The quantitative estimate of drug-likeness (QED) is 0.761. The van der Waals surface area contributed by atoms with Gasteiger partial charge in [-0.15, -0.1) is 0 Å². The summed E-state index contributed by atoms with van der Waals surface area (Å²) in [5.41, 5.74) is -0.326. The van der Waals surface area contributed by atoms with Gasteiger partial charge >= 0.3 is 0 Å². The molecular formula is C9H8F2O2.